The van der Waals surface area contributed by atoms with Gasteiger partial charge in [0.1, 0.15) is 0 Å². The van der Waals surface area contributed by atoms with E-state index in [0.29, 0.717) is 0 Å². The number of hydrogen-bond acceptors (Lipinski definition) is 1. The maximum atomic E-state index is 2.40. The molecule has 0 N–H and O–H groups in total. The van der Waals surface area contributed by atoms with E-state index in [1.165, 1.54) is 19.4 Å². The summed E-state index contributed by atoms with van der Waals surface area (Å²) in [5.74, 6) is 0. The van der Waals surface area contributed by atoms with Crippen LogP contribution < -0.4 is 0 Å². The van der Waals surface area contributed by atoms with Gasteiger partial charge in [-0.05, 0) is 33.4 Å². The number of nitrogens with zero attached hydrogens (tertiary/aromatic N) is 1. The Kier molecular flexibility index (Phi) is 10.5. The Morgan fingerprint density at radius 1 is 1.33 bits per heavy atom. The molecule has 0 bridgehead atoms. The third-order valence-corrected chi connectivity index (χ3v) is 1.89. The minimum Gasteiger partial charge on any atom is -0.304 e. The van der Waals surface area contributed by atoms with Gasteiger partial charge in [-0.3, -0.25) is 0 Å². The molecule has 48 valence electrons. The molecule has 0 aromatic rings. The zero-order chi connectivity index (χ0) is 5.28. The molecule has 0 amide bonds. The Bertz CT molecular complexity index is 60.1. The summed E-state index contributed by atoms with van der Waals surface area (Å²) in [5.41, 5.74) is 0. The summed E-state index contributed by atoms with van der Waals surface area (Å²) in [7, 11) is 2.19. The first-order valence-electron chi connectivity index (χ1n) is 3.01. The molecule has 1 atom stereocenters. The first kappa shape index (κ1) is 13.7. The van der Waals surface area contributed by atoms with Gasteiger partial charge in [-0.15, -0.1) is 0 Å². The molecule has 3 heteroatoms. The molecule has 2 radical (unpaired) electrons. The van der Waals surface area contributed by atoms with Crippen molar-refractivity contribution in [1.29, 1.82) is 0 Å². The van der Waals surface area contributed by atoms with Crippen molar-refractivity contribution in [2.75, 3.05) is 13.6 Å². The van der Waals surface area contributed by atoms with Crippen molar-refractivity contribution in [1.82, 2.24) is 4.90 Å². The molecule has 1 saturated heterocycles. The van der Waals surface area contributed by atoms with Crippen molar-refractivity contribution >= 4 is 0 Å². The normalized spacial score (nSPS) is 26.7. The van der Waals surface area contributed by atoms with Gasteiger partial charge in [-0.1, -0.05) is 0 Å². The monoisotopic (exact) mass is 277 g/mol. The average Bonchev–Trinajstić information content (AvgIpc) is 1.91. The Labute approximate surface area is 108 Å². The fraction of sp³-hybridized carbons (Fsp3) is 1.00. The van der Waals surface area contributed by atoms with Crippen LogP contribution in [-0.4, -0.2) is 24.5 Å². The number of rotatable bonds is 0. The van der Waals surface area contributed by atoms with Crippen LogP contribution in [-0.2, 0) is 65.4 Å². The number of hydrogen-bond donors (Lipinski definition) is 0. The first-order chi connectivity index (χ1) is 3.30. The van der Waals surface area contributed by atoms with Gasteiger partial charge < -0.3 is 4.90 Å². The molecular weight excluding hydrogens is 264 g/mol. The molecule has 0 saturated carbocycles. The van der Waals surface area contributed by atoms with E-state index in [0.717, 1.165) is 6.04 Å². The summed E-state index contributed by atoms with van der Waals surface area (Å²) in [6.07, 6.45) is 2.80. The Balaban J connectivity index is 0. The molecule has 0 spiro atoms. The topological polar surface area (TPSA) is 3.24 Å². The summed E-state index contributed by atoms with van der Waals surface area (Å²) in [6, 6.07) is 0.847. The van der Waals surface area contributed by atoms with E-state index in [9.17, 15) is 0 Å². The third kappa shape index (κ3) is 4.58. The van der Waals surface area contributed by atoms with E-state index in [4.69, 9.17) is 0 Å². The van der Waals surface area contributed by atoms with Gasteiger partial charge in [-0.2, -0.15) is 0 Å². The minimum absolute atomic E-state index is 0. The molecule has 9 heavy (non-hydrogen) atoms. The molecule has 1 heterocycles. The van der Waals surface area contributed by atoms with Crippen molar-refractivity contribution in [2.24, 2.45) is 0 Å². The second-order valence-corrected chi connectivity index (χ2v) is 2.47. The Hall–Kier alpha value is 2.17. The SMILES string of the molecule is CC1CCCN1C.[Y].[Y]. The predicted octanol–water partition coefficient (Wildman–Crippen LogP) is 1.10. The van der Waals surface area contributed by atoms with Crippen molar-refractivity contribution in [2.45, 2.75) is 25.8 Å². The molecule has 0 aromatic carbocycles. The quantitative estimate of drug-likeness (QED) is 0.641. The largest absolute Gasteiger partial charge is 0.304 e. The fourth-order valence-corrected chi connectivity index (χ4v) is 1.08. The molecule has 1 unspecified atom stereocenters. The first-order valence-corrected chi connectivity index (χ1v) is 3.01. The van der Waals surface area contributed by atoms with Crippen LogP contribution >= 0.6 is 0 Å². The molecule has 1 fully saturated rings. The number of likely N-dealkylation sites (tertiary alicyclic amines) is 1. The molecule has 1 rings (SSSR count). The zero-order valence-electron chi connectivity index (χ0n) is 6.30. The van der Waals surface area contributed by atoms with Crippen LogP contribution in [0.4, 0.5) is 0 Å². The van der Waals surface area contributed by atoms with E-state index in [1.807, 2.05) is 0 Å². The van der Waals surface area contributed by atoms with Crippen molar-refractivity contribution in [3.63, 3.8) is 0 Å². The van der Waals surface area contributed by atoms with Gasteiger partial charge in [0, 0.05) is 71.5 Å². The second-order valence-electron chi connectivity index (χ2n) is 2.47. The molecule has 0 aliphatic carbocycles. The molecular formula is C6H13NY2. The van der Waals surface area contributed by atoms with Crippen LogP contribution in [0.25, 0.3) is 0 Å². The summed E-state index contributed by atoms with van der Waals surface area (Å²) >= 11 is 0. The van der Waals surface area contributed by atoms with Gasteiger partial charge in [0.2, 0.25) is 0 Å². The van der Waals surface area contributed by atoms with Crippen LogP contribution in [0.1, 0.15) is 19.8 Å². The fourth-order valence-electron chi connectivity index (χ4n) is 1.08. The van der Waals surface area contributed by atoms with E-state index >= 15 is 0 Å². The van der Waals surface area contributed by atoms with Crippen LogP contribution in [0.15, 0.2) is 0 Å². The van der Waals surface area contributed by atoms with E-state index < -0.39 is 0 Å². The van der Waals surface area contributed by atoms with Gasteiger partial charge >= 0.3 is 0 Å². The van der Waals surface area contributed by atoms with Crippen molar-refractivity contribution < 1.29 is 65.4 Å². The average molecular weight is 277 g/mol. The van der Waals surface area contributed by atoms with Gasteiger partial charge in [0.25, 0.3) is 0 Å². The molecule has 0 aromatic heterocycles. The van der Waals surface area contributed by atoms with Crippen LogP contribution in [0.2, 0.25) is 0 Å². The summed E-state index contributed by atoms with van der Waals surface area (Å²) in [5, 5.41) is 0. The van der Waals surface area contributed by atoms with E-state index in [2.05, 4.69) is 18.9 Å². The summed E-state index contributed by atoms with van der Waals surface area (Å²) < 4.78 is 0. The van der Waals surface area contributed by atoms with Gasteiger partial charge in [0.05, 0.1) is 0 Å². The molecule has 1 aliphatic heterocycles. The molecule has 1 aliphatic rings. The van der Waals surface area contributed by atoms with E-state index in [-0.39, 0.29) is 65.4 Å². The van der Waals surface area contributed by atoms with Crippen molar-refractivity contribution in [3.8, 4) is 0 Å². The Morgan fingerprint density at radius 3 is 2.00 bits per heavy atom. The van der Waals surface area contributed by atoms with E-state index in [1.54, 1.807) is 0 Å². The molecule has 1 nitrogen and oxygen atoms in total. The minimum atomic E-state index is 0. The zero-order valence-corrected chi connectivity index (χ0v) is 12.0. The van der Waals surface area contributed by atoms with Gasteiger partial charge in [-0.25, -0.2) is 0 Å². The second kappa shape index (κ2) is 6.85. The van der Waals surface area contributed by atoms with Crippen molar-refractivity contribution in [3.05, 3.63) is 0 Å². The van der Waals surface area contributed by atoms with Gasteiger partial charge in [0.15, 0.2) is 0 Å². The standard InChI is InChI=1S/C6H13N.2Y/c1-6-4-3-5-7(6)2;;/h6H,3-5H2,1-2H3;;. The smallest absolute Gasteiger partial charge is 0.00643 e. The van der Waals surface area contributed by atoms with Crippen LogP contribution in [0.3, 0.4) is 0 Å². The Morgan fingerprint density at radius 2 is 1.89 bits per heavy atom. The van der Waals surface area contributed by atoms with Crippen LogP contribution in [0, 0.1) is 0 Å². The third-order valence-electron chi connectivity index (χ3n) is 1.89. The predicted molar refractivity (Wildman–Crippen MR) is 31.3 cm³/mol. The maximum absolute atomic E-state index is 2.40. The van der Waals surface area contributed by atoms with Crippen LogP contribution in [0.5, 0.6) is 0 Å². The maximum Gasteiger partial charge on any atom is 0.00643 e. The summed E-state index contributed by atoms with van der Waals surface area (Å²) in [6.45, 7) is 3.59. The summed E-state index contributed by atoms with van der Waals surface area (Å²) in [4.78, 5) is 2.40.